The van der Waals surface area contributed by atoms with Gasteiger partial charge in [-0.1, -0.05) is 11.8 Å². The molecule has 1 fully saturated rings. The van der Waals surface area contributed by atoms with E-state index in [2.05, 4.69) is 0 Å². The third-order valence-corrected chi connectivity index (χ3v) is 3.50. The minimum absolute atomic E-state index is 0.635. The first-order valence-electron chi connectivity index (χ1n) is 3.79. The van der Waals surface area contributed by atoms with Crippen LogP contribution < -0.4 is 15.5 Å². The number of carboxylic acids is 2. The van der Waals surface area contributed by atoms with Crippen LogP contribution in [0.15, 0.2) is 0 Å². The van der Waals surface area contributed by atoms with Gasteiger partial charge >= 0.3 is 0 Å². The molecule has 2 atom stereocenters. The van der Waals surface area contributed by atoms with E-state index in [-0.39, 0.29) is 0 Å². The van der Waals surface area contributed by atoms with Crippen molar-refractivity contribution in [1.82, 2.24) is 0 Å². The molecule has 0 aliphatic carbocycles. The Kier molecular flexibility index (Phi) is 2.53. The molecule has 1 aliphatic heterocycles. The third-order valence-electron chi connectivity index (χ3n) is 2.03. The quantitative estimate of drug-likeness (QED) is 0.498. The Morgan fingerprint density at radius 3 is 2.08 bits per heavy atom. The SMILES string of the molecule is CC1(C)S[C@@H](C(=O)[O-])[NH2+][C@H]1C(=O)[O-]. The van der Waals surface area contributed by atoms with Crippen LogP contribution in [0.25, 0.3) is 0 Å². The number of thioether (sulfide) groups is 1. The van der Waals surface area contributed by atoms with Crippen molar-refractivity contribution in [3.8, 4) is 0 Å². The molecule has 13 heavy (non-hydrogen) atoms. The average Bonchev–Trinajstić information content (AvgIpc) is 2.25. The summed E-state index contributed by atoms with van der Waals surface area (Å²) in [6.07, 6.45) is 0. The summed E-state index contributed by atoms with van der Waals surface area (Å²) in [4.78, 5) is 21.1. The van der Waals surface area contributed by atoms with Crippen LogP contribution in [0.5, 0.6) is 0 Å². The maximum atomic E-state index is 10.6. The summed E-state index contributed by atoms with van der Waals surface area (Å²) in [6.45, 7) is 3.36. The fraction of sp³-hybridized carbons (Fsp3) is 0.714. The second-order valence-electron chi connectivity index (χ2n) is 3.45. The lowest BCUT2D eigenvalue weighted by atomic mass is 10.0. The number of hydrogen-bond donors (Lipinski definition) is 1. The van der Waals surface area contributed by atoms with Gasteiger partial charge in [-0.25, -0.2) is 0 Å². The number of carboxylic acid groups (broad SMARTS) is 2. The zero-order chi connectivity index (χ0) is 10.2. The second-order valence-corrected chi connectivity index (χ2v) is 5.25. The van der Waals surface area contributed by atoms with Gasteiger partial charge in [-0.05, 0) is 13.8 Å². The van der Waals surface area contributed by atoms with E-state index in [9.17, 15) is 19.8 Å². The molecule has 5 nitrogen and oxygen atoms in total. The summed E-state index contributed by atoms with van der Waals surface area (Å²) in [5, 5.41) is 21.5. The molecular weight excluding hydrogens is 194 g/mol. The highest BCUT2D eigenvalue weighted by molar-refractivity contribution is 8.01. The van der Waals surface area contributed by atoms with Gasteiger partial charge in [0.05, 0.1) is 4.75 Å². The highest BCUT2D eigenvalue weighted by Crippen LogP contribution is 2.32. The predicted octanol–water partition coefficient (Wildman–Crippen LogP) is -3.73. The summed E-state index contributed by atoms with van der Waals surface area (Å²) >= 11 is 1.07. The standard InChI is InChI=1S/C7H11NO4S/c1-7(2)3(5(9)10)8-4(13-7)6(11)12/h3-4,8H,1-2H3,(H,9,10)(H,11,12)/p-1/t3-,4-/m0/s1. The molecular formula is C7H10NO4S-. The molecule has 0 amide bonds. The molecule has 0 saturated carbocycles. The maximum absolute atomic E-state index is 10.6. The van der Waals surface area contributed by atoms with E-state index < -0.39 is 28.1 Å². The molecule has 0 aromatic heterocycles. The van der Waals surface area contributed by atoms with Crippen molar-refractivity contribution in [1.29, 1.82) is 0 Å². The summed E-state index contributed by atoms with van der Waals surface area (Å²) in [6, 6.07) is -0.833. The van der Waals surface area contributed by atoms with Crippen LogP contribution in [0.4, 0.5) is 0 Å². The Labute approximate surface area is 79.5 Å². The van der Waals surface area contributed by atoms with Crippen molar-refractivity contribution >= 4 is 23.7 Å². The summed E-state index contributed by atoms with van der Waals surface area (Å²) in [7, 11) is 0. The topological polar surface area (TPSA) is 96.9 Å². The van der Waals surface area contributed by atoms with Gasteiger partial charge in [-0.15, -0.1) is 0 Å². The van der Waals surface area contributed by atoms with E-state index in [0.717, 1.165) is 11.8 Å². The molecule has 0 aromatic rings. The van der Waals surface area contributed by atoms with E-state index in [0.29, 0.717) is 0 Å². The van der Waals surface area contributed by atoms with Gasteiger partial charge in [-0.2, -0.15) is 0 Å². The van der Waals surface area contributed by atoms with Crippen molar-refractivity contribution in [3.05, 3.63) is 0 Å². The van der Waals surface area contributed by atoms with Crippen LogP contribution >= 0.6 is 11.8 Å². The normalized spacial score (nSPS) is 31.5. The molecule has 0 radical (unpaired) electrons. The first kappa shape index (κ1) is 10.3. The molecule has 74 valence electrons. The lowest BCUT2D eigenvalue weighted by molar-refractivity contribution is -0.685. The van der Waals surface area contributed by atoms with Gasteiger partial charge in [0.2, 0.25) is 0 Å². The van der Waals surface area contributed by atoms with Crippen LogP contribution in [0.1, 0.15) is 13.8 Å². The van der Waals surface area contributed by atoms with Crippen molar-refractivity contribution in [2.75, 3.05) is 0 Å². The van der Waals surface area contributed by atoms with Crippen molar-refractivity contribution in [2.45, 2.75) is 30.0 Å². The van der Waals surface area contributed by atoms with Gasteiger partial charge in [-0.3, -0.25) is 0 Å². The highest BCUT2D eigenvalue weighted by atomic mass is 32.2. The van der Waals surface area contributed by atoms with Crippen LogP contribution in [-0.4, -0.2) is 28.1 Å². The number of aliphatic carboxylic acids is 2. The Morgan fingerprint density at radius 2 is 1.85 bits per heavy atom. The molecule has 0 bridgehead atoms. The number of rotatable bonds is 2. The largest absolute Gasteiger partial charge is 0.544 e. The van der Waals surface area contributed by atoms with E-state index in [1.807, 2.05) is 0 Å². The number of hydrogen-bond acceptors (Lipinski definition) is 5. The lowest BCUT2D eigenvalue weighted by Gasteiger charge is -2.21. The van der Waals surface area contributed by atoms with E-state index in [1.165, 1.54) is 5.32 Å². The van der Waals surface area contributed by atoms with Gasteiger partial charge in [0.15, 0.2) is 5.37 Å². The van der Waals surface area contributed by atoms with Crippen LogP contribution in [0.2, 0.25) is 0 Å². The highest BCUT2D eigenvalue weighted by Gasteiger charge is 2.46. The Morgan fingerprint density at radius 1 is 1.31 bits per heavy atom. The van der Waals surface area contributed by atoms with Crippen molar-refractivity contribution in [2.24, 2.45) is 0 Å². The van der Waals surface area contributed by atoms with E-state index in [1.54, 1.807) is 13.8 Å². The van der Waals surface area contributed by atoms with E-state index >= 15 is 0 Å². The molecule has 1 rings (SSSR count). The summed E-state index contributed by atoms with van der Waals surface area (Å²) < 4.78 is -0.635. The second kappa shape index (κ2) is 3.19. The van der Waals surface area contributed by atoms with Crippen LogP contribution in [0, 0.1) is 0 Å². The van der Waals surface area contributed by atoms with Crippen molar-refractivity contribution < 1.29 is 25.1 Å². The van der Waals surface area contributed by atoms with E-state index in [4.69, 9.17) is 0 Å². The maximum Gasteiger partial charge on any atom is 0.174 e. The summed E-state index contributed by atoms with van der Waals surface area (Å²) in [5.41, 5.74) is 0. The molecule has 0 aromatic carbocycles. The third kappa shape index (κ3) is 1.94. The number of carbonyl (C=O) groups is 2. The zero-order valence-corrected chi connectivity index (χ0v) is 8.09. The molecule has 1 heterocycles. The number of quaternary nitrogens is 1. The Bertz CT molecular complexity index is 253. The number of carbonyl (C=O) groups excluding carboxylic acids is 2. The first-order valence-corrected chi connectivity index (χ1v) is 4.67. The van der Waals surface area contributed by atoms with Crippen LogP contribution in [-0.2, 0) is 9.59 Å². The molecule has 6 heteroatoms. The fourth-order valence-corrected chi connectivity index (χ4v) is 2.64. The minimum atomic E-state index is -1.25. The number of nitrogens with two attached hydrogens (primary N) is 1. The average molecular weight is 204 g/mol. The van der Waals surface area contributed by atoms with Gasteiger partial charge in [0.25, 0.3) is 0 Å². The fourth-order valence-electron chi connectivity index (χ4n) is 1.34. The van der Waals surface area contributed by atoms with Crippen molar-refractivity contribution in [3.63, 3.8) is 0 Å². The lowest BCUT2D eigenvalue weighted by Crippen LogP contribution is -2.97. The molecule has 0 unspecified atom stereocenters. The van der Waals surface area contributed by atoms with Gasteiger partial charge in [0.1, 0.15) is 18.0 Å². The monoisotopic (exact) mass is 204 g/mol. The molecule has 2 N–H and O–H groups in total. The summed E-state index contributed by atoms with van der Waals surface area (Å²) in [5.74, 6) is -2.48. The molecule has 1 aliphatic rings. The first-order chi connectivity index (χ1) is 5.84. The molecule has 1 saturated heterocycles. The van der Waals surface area contributed by atoms with Gasteiger partial charge in [0, 0.05) is 0 Å². The smallest absolute Gasteiger partial charge is 0.174 e. The van der Waals surface area contributed by atoms with Gasteiger partial charge < -0.3 is 25.1 Å². The predicted molar refractivity (Wildman–Crippen MR) is 41.2 cm³/mol. The Hall–Kier alpha value is -0.750. The zero-order valence-electron chi connectivity index (χ0n) is 7.27. The van der Waals surface area contributed by atoms with Crippen LogP contribution in [0.3, 0.4) is 0 Å². The minimum Gasteiger partial charge on any atom is -0.544 e. The molecule has 0 spiro atoms. The Balaban J connectivity index is 2.79.